The molecule has 5 heteroatoms. The molecule has 0 aliphatic heterocycles. The molecule has 2 aliphatic rings. The van der Waals surface area contributed by atoms with E-state index in [0.29, 0.717) is 6.04 Å². The zero-order valence-electron chi connectivity index (χ0n) is 12.9. The van der Waals surface area contributed by atoms with Gasteiger partial charge in [0, 0.05) is 28.9 Å². The van der Waals surface area contributed by atoms with Crippen molar-refractivity contribution in [3.63, 3.8) is 0 Å². The molecule has 3 heterocycles. The number of thiophene rings is 1. The first-order valence-corrected chi connectivity index (χ1v) is 9.19. The molecule has 3 aromatic heterocycles. The SMILES string of the molecule is c1cncc(-c2nc(NC3CC3)c3c4c(sc3n2)CCCC4)c1. The normalized spacial score (nSPS) is 17.2. The quantitative estimate of drug-likeness (QED) is 0.785. The number of hydrogen-bond acceptors (Lipinski definition) is 5. The van der Waals surface area contributed by atoms with Gasteiger partial charge in [-0.15, -0.1) is 11.3 Å². The van der Waals surface area contributed by atoms with Gasteiger partial charge in [-0.05, 0) is 56.2 Å². The van der Waals surface area contributed by atoms with Crippen molar-refractivity contribution in [2.45, 2.75) is 44.6 Å². The fourth-order valence-electron chi connectivity index (χ4n) is 3.31. The second kappa shape index (κ2) is 5.27. The van der Waals surface area contributed by atoms with Crippen LogP contribution in [0.2, 0.25) is 0 Å². The number of pyridine rings is 1. The molecule has 0 bridgehead atoms. The van der Waals surface area contributed by atoms with Crippen LogP contribution in [-0.2, 0) is 12.8 Å². The number of fused-ring (bicyclic) bond motifs is 3. The maximum atomic E-state index is 4.88. The lowest BCUT2D eigenvalue weighted by molar-refractivity contribution is 0.700. The summed E-state index contributed by atoms with van der Waals surface area (Å²) in [6.45, 7) is 0. The van der Waals surface area contributed by atoms with Crippen molar-refractivity contribution in [3.8, 4) is 11.4 Å². The molecule has 0 aromatic carbocycles. The third kappa shape index (κ3) is 2.39. The lowest BCUT2D eigenvalue weighted by Gasteiger charge is -2.13. The van der Waals surface area contributed by atoms with Crippen molar-refractivity contribution in [1.82, 2.24) is 15.0 Å². The largest absolute Gasteiger partial charge is 0.367 e. The average Bonchev–Trinajstić information content (AvgIpc) is 3.33. The molecule has 0 unspecified atom stereocenters. The first-order chi connectivity index (χ1) is 11.4. The van der Waals surface area contributed by atoms with Gasteiger partial charge in [-0.3, -0.25) is 4.98 Å². The molecule has 1 fully saturated rings. The molecule has 0 saturated heterocycles. The number of anilines is 1. The van der Waals surface area contributed by atoms with Crippen LogP contribution >= 0.6 is 11.3 Å². The van der Waals surface area contributed by atoms with E-state index >= 15 is 0 Å². The molecule has 23 heavy (non-hydrogen) atoms. The highest BCUT2D eigenvalue weighted by molar-refractivity contribution is 7.19. The summed E-state index contributed by atoms with van der Waals surface area (Å²) in [6, 6.07) is 4.56. The predicted octanol–water partition coefficient (Wildman–Crippen LogP) is 4.21. The Balaban J connectivity index is 1.72. The molecule has 1 N–H and O–H groups in total. The highest BCUT2D eigenvalue weighted by Crippen LogP contribution is 2.40. The third-order valence-corrected chi connectivity index (χ3v) is 5.84. The number of rotatable bonds is 3. The summed E-state index contributed by atoms with van der Waals surface area (Å²) in [4.78, 5) is 16.6. The summed E-state index contributed by atoms with van der Waals surface area (Å²) in [5.74, 6) is 1.82. The van der Waals surface area contributed by atoms with Crippen LogP contribution in [0, 0.1) is 0 Å². The van der Waals surface area contributed by atoms with Gasteiger partial charge >= 0.3 is 0 Å². The molecule has 0 amide bonds. The van der Waals surface area contributed by atoms with Crippen LogP contribution in [-0.4, -0.2) is 21.0 Å². The van der Waals surface area contributed by atoms with Gasteiger partial charge in [-0.2, -0.15) is 0 Å². The molecule has 3 aromatic rings. The number of nitrogens with zero attached hydrogens (tertiary/aromatic N) is 3. The Morgan fingerprint density at radius 2 is 2.04 bits per heavy atom. The second-order valence-electron chi connectivity index (χ2n) is 6.45. The zero-order valence-corrected chi connectivity index (χ0v) is 13.7. The first-order valence-electron chi connectivity index (χ1n) is 8.38. The molecule has 1 saturated carbocycles. The molecule has 0 atom stereocenters. The standard InChI is InChI=1S/C18H18N4S/c1-2-6-14-13(5-1)15-17(20-12-7-8-12)21-16(22-18(15)23-14)11-4-3-9-19-10-11/h3-4,9-10,12H,1-2,5-8H2,(H,20,21,22). The summed E-state index contributed by atoms with van der Waals surface area (Å²) in [5, 5.41) is 4.92. The molecule has 5 rings (SSSR count). The monoisotopic (exact) mass is 322 g/mol. The predicted molar refractivity (Wildman–Crippen MR) is 93.9 cm³/mol. The Bertz CT molecular complexity index is 868. The van der Waals surface area contributed by atoms with E-state index in [2.05, 4.69) is 10.3 Å². The van der Waals surface area contributed by atoms with E-state index in [-0.39, 0.29) is 0 Å². The van der Waals surface area contributed by atoms with Gasteiger partial charge in [-0.25, -0.2) is 9.97 Å². The van der Waals surface area contributed by atoms with Gasteiger partial charge in [0.05, 0.1) is 5.39 Å². The maximum Gasteiger partial charge on any atom is 0.164 e. The van der Waals surface area contributed by atoms with E-state index in [4.69, 9.17) is 9.97 Å². The fourth-order valence-corrected chi connectivity index (χ4v) is 4.57. The van der Waals surface area contributed by atoms with Crippen molar-refractivity contribution in [1.29, 1.82) is 0 Å². The number of hydrogen-bond donors (Lipinski definition) is 1. The van der Waals surface area contributed by atoms with E-state index in [1.807, 2.05) is 29.7 Å². The van der Waals surface area contributed by atoms with Crippen LogP contribution in [0.4, 0.5) is 5.82 Å². The summed E-state index contributed by atoms with van der Waals surface area (Å²) in [5.41, 5.74) is 2.48. The molecule has 4 nitrogen and oxygen atoms in total. The molecular formula is C18H18N4S. The zero-order chi connectivity index (χ0) is 15.2. The van der Waals surface area contributed by atoms with E-state index in [0.717, 1.165) is 22.0 Å². The number of nitrogens with one attached hydrogen (secondary N) is 1. The minimum absolute atomic E-state index is 0.592. The molecular weight excluding hydrogens is 304 g/mol. The van der Waals surface area contributed by atoms with Gasteiger partial charge in [0.2, 0.25) is 0 Å². The lowest BCUT2D eigenvalue weighted by Crippen LogP contribution is -2.07. The van der Waals surface area contributed by atoms with Crippen LogP contribution in [0.1, 0.15) is 36.1 Å². The Morgan fingerprint density at radius 1 is 1.13 bits per heavy atom. The van der Waals surface area contributed by atoms with Crippen LogP contribution in [0.15, 0.2) is 24.5 Å². The van der Waals surface area contributed by atoms with Crippen molar-refractivity contribution in [2.75, 3.05) is 5.32 Å². The minimum Gasteiger partial charge on any atom is -0.367 e. The van der Waals surface area contributed by atoms with Crippen molar-refractivity contribution >= 4 is 27.4 Å². The average molecular weight is 322 g/mol. The van der Waals surface area contributed by atoms with E-state index < -0.39 is 0 Å². The van der Waals surface area contributed by atoms with Gasteiger partial charge in [0.25, 0.3) is 0 Å². The van der Waals surface area contributed by atoms with Crippen LogP contribution in [0.3, 0.4) is 0 Å². The van der Waals surface area contributed by atoms with Crippen molar-refractivity contribution in [2.24, 2.45) is 0 Å². The lowest BCUT2D eigenvalue weighted by atomic mass is 9.97. The second-order valence-corrected chi connectivity index (χ2v) is 7.53. The summed E-state index contributed by atoms with van der Waals surface area (Å²) < 4.78 is 0. The molecule has 0 radical (unpaired) electrons. The first kappa shape index (κ1) is 13.4. The van der Waals surface area contributed by atoms with Gasteiger partial charge in [0.1, 0.15) is 10.6 Å². The minimum atomic E-state index is 0.592. The van der Waals surface area contributed by atoms with Crippen LogP contribution in [0.25, 0.3) is 21.6 Å². The van der Waals surface area contributed by atoms with Gasteiger partial charge in [0.15, 0.2) is 5.82 Å². The van der Waals surface area contributed by atoms with E-state index in [1.165, 1.54) is 54.4 Å². The summed E-state index contributed by atoms with van der Waals surface area (Å²) >= 11 is 1.86. The molecule has 0 spiro atoms. The number of aromatic nitrogens is 3. The highest BCUT2D eigenvalue weighted by Gasteiger charge is 2.26. The number of aryl methyl sites for hydroxylation is 2. The van der Waals surface area contributed by atoms with Crippen molar-refractivity contribution < 1.29 is 0 Å². The van der Waals surface area contributed by atoms with Crippen LogP contribution < -0.4 is 5.32 Å². The topological polar surface area (TPSA) is 50.7 Å². The smallest absolute Gasteiger partial charge is 0.164 e. The van der Waals surface area contributed by atoms with Gasteiger partial charge < -0.3 is 5.32 Å². The summed E-state index contributed by atoms with van der Waals surface area (Å²) in [6.07, 6.45) is 11.1. The summed E-state index contributed by atoms with van der Waals surface area (Å²) in [7, 11) is 0. The van der Waals surface area contributed by atoms with Gasteiger partial charge in [-0.1, -0.05) is 0 Å². The Morgan fingerprint density at radius 3 is 2.87 bits per heavy atom. The molecule has 116 valence electrons. The Labute approximate surface area is 139 Å². The Hall–Kier alpha value is -2.01. The van der Waals surface area contributed by atoms with Crippen LogP contribution in [0.5, 0.6) is 0 Å². The molecule has 2 aliphatic carbocycles. The van der Waals surface area contributed by atoms with E-state index in [9.17, 15) is 0 Å². The maximum absolute atomic E-state index is 4.88. The third-order valence-electron chi connectivity index (χ3n) is 4.65. The van der Waals surface area contributed by atoms with E-state index in [1.54, 1.807) is 6.20 Å². The fraction of sp³-hybridized carbons (Fsp3) is 0.389. The highest BCUT2D eigenvalue weighted by atomic mass is 32.1. The van der Waals surface area contributed by atoms with Crippen molar-refractivity contribution in [3.05, 3.63) is 35.0 Å². The Kier molecular flexibility index (Phi) is 3.08.